The highest BCUT2D eigenvalue weighted by molar-refractivity contribution is 5.71. The molecule has 0 amide bonds. The Balaban J connectivity index is 4.58. The van der Waals surface area contributed by atoms with Crippen LogP contribution in [0.5, 0.6) is 0 Å². The van der Waals surface area contributed by atoms with Crippen LogP contribution in [0.25, 0.3) is 0 Å². The number of hydrogen-bond donors (Lipinski definition) is 0. The quantitative estimate of drug-likeness (QED) is 0.0199. The van der Waals surface area contributed by atoms with E-state index in [-0.39, 0.29) is 44.0 Å². The minimum Gasteiger partial charge on any atom is -0.462 e. The third-order valence-corrected chi connectivity index (χ3v) is 10.2. The predicted octanol–water partition coefficient (Wildman–Crippen LogP) is 16.9. The molecule has 0 aliphatic rings. The molecule has 0 N–H and O–H groups in total. The largest absolute Gasteiger partial charge is 0.462 e. The van der Waals surface area contributed by atoms with Gasteiger partial charge >= 0.3 is 17.9 Å². The molecule has 0 fully saturated rings. The number of allylic oxidation sites excluding steroid dienone is 20. The molecule has 0 rings (SSSR count). The molecule has 0 aromatic rings. The van der Waals surface area contributed by atoms with Crippen molar-refractivity contribution in [3.05, 3.63) is 122 Å². The van der Waals surface area contributed by atoms with Gasteiger partial charge in [-0.25, -0.2) is 0 Å². The van der Waals surface area contributed by atoms with Gasteiger partial charge in [0.2, 0.25) is 0 Å². The first kappa shape index (κ1) is 59.8. The molecule has 6 nitrogen and oxygen atoms in total. The number of ether oxygens (including phenoxy) is 3. The Bertz CT molecular complexity index is 1390. The van der Waals surface area contributed by atoms with Crippen LogP contribution in [-0.4, -0.2) is 37.2 Å². The number of hydrogen-bond acceptors (Lipinski definition) is 6. The van der Waals surface area contributed by atoms with Crippen molar-refractivity contribution in [3.8, 4) is 0 Å². The summed E-state index contributed by atoms with van der Waals surface area (Å²) in [6.07, 6.45) is 70.6. The average molecular weight is 885 g/mol. The Hall–Kier alpha value is -4.19. The second-order valence-corrected chi connectivity index (χ2v) is 16.4. The summed E-state index contributed by atoms with van der Waals surface area (Å²) in [5.41, 5.74) is 0. The summed E-state index contributed by atoms with van der Waals surface area (Å²) in [7, 11) is 0. The minimum absolute atomic E-state index is 0.130. The van der Waals surface area contributed by atoms with Crippen LogP contribution < -0.4 is 0 Å². The van der Waals surface area contributed by atoms with E-state index in [1.54, 1.807) is 0 Å². The zero-order valence-corrected chi connectivity index (χ0v) is 41.0. The Morgan fingerprint density at radius 2 is 0.703 bits per heavy atom. The van der Waals surface area contributed by atoms with Crippen molar-refractivity contribution in [3.63, 3.8) is 0 Å². The predicted molar refractivity (Wildman–Crippen MR) is 274 cm³/mol. The Morgan fingerprint density at radius 1 is 0.344 bits per heavy atom. The lowest BCUT2D eigenvalue weighted by Crippen LogP contribution is -2.30. The number of carbonyl (C=O) groups excluding carboxylic acids is 3. The first-order valence-corrected chi connectivity index (χ1v) is 25.6. The van der Waals surface area contributed by atoms with Gasteiger partial charge in [0.05, 0.1) is 0 Å². The second-order valence-electron chi connectivity index (χ2n) is 16.4. The van der Waals surface area contributed by atoms with Gasteiger partial charge in [-0.05, 0) is 103 Å². The lowest BCUT2D eigenvalue weighted by Gasteiger charge is -2.18. The molecule has 0 bridgehead atoms. The third-order valence-electron chi connectivity index (χ3n) is 10.2. The monoisotopic (exact) mass is 885 g/mol. The molecule has 0 spiro atoms. The average Bonchev–Trinajstić information content (AvgIpc) is 3.29. The van der Waals surface area contributed by atoms with E-state index >= 15 is 0 Å². The molecular formula is C58H92O6. The molecule has 0 aromatic carbocycles. The normalized spacial score (nSPS) is 13.1. The number of unbranched alkanes of at least 4 members (excludes halogenated alkanes) is 15. The van der Waals surface area contributed by atoms with E-state index in [1.165, 1.54) is 57.8 Å². The molecular weight excluding hydrogens is 793 g/mol. The fourth-order valence-corrected chi connectivity index (χ4v) is 6.37. The molecule has 0 aliphatic carbocycles. The van der Waals surface area contributed by atoms with Crippen LogP contribution in [0.3, 0.4) is 0 Å². The fourth-order valence-electron chi connectivity index (χ4n) is 6.37. The molecule has 64 heavy (non-hydrogen) atoms. The molecule has 1 unspecified atom stereocenters. The number of carbonyl (C=O) groups is 3. The summed E-state index contributed by atoms with van der Waals surface area (Å²) in [6.45, 7) is 6.33. The summed E-state index contributed by atoms with van der Waals surface area (Å²) in [4.78, 5) is 37.9. The summed E-state index contributed by atoms with van der Waals surface area (Å²) in [5, 5.41) is 0. The SMILES string of the molecule is CC/C=C\C/C=C\C/C=C\C/C=C\C/C=C\C/C=C\CCC(=O)OCC(COC(=O)CCCCC/C=C\C=C/CCCC)OC(=O)CCCCC/C=C\C=C/CCCCCCCCC. The van der Waals surface area contributed by atoms with E-state index in [9.17, 15) is 14.4 Å². The van der Waals surface area contributed by atoms with Gasteiger partial charge in [-0.1, -0.05) is 206 Å². The molecule has 360 valence electrons. The molecule has 0 radical (unpaired) electrons. The zero-order valence-electron chi connectivity index (χ0n) is 41.0. The van der Waals surface area contributed by atoms with Crippen molar-refractivity contribution in [1.82, 2.24) is 0 Å². The number of rotatable bonds is 44. The Morgan fingerprint density at radius 3 is 1.16 bits per heavy atom. The molecule has 6 heteroatoms. The number of esters is 3. The van der Waals surface area contributed by atoms with Gasteiger partial charge in [0.1, 0.15) is 13.2 Å². The van der Waals surface area contributed by atoms with E-state index in [2.05, 4.69) is 130 Å². The van der Waals surface area contributed by atoms with Crippen molar-refractivity contribution >= 4 is 17.9 Å². The van der Waals surface area contributed by atoms with Gasteiger partial charge < -0.3 is 14.2 Å². The first-order valence-electron chi connectivity index (χ1n) is 25.6. The van der Waals surface area contributed by atoms with Gasteiger partial charge in [-0.15, -0.1) is 0 Å². The molecule has 0 heterocycles. The summed E-state index contributed by atoms with van der Waals surface area (Å²) in [5.74, 6) is -1.08. The summed E-state index contributed by atoms with van der Waals surface area (Å²) in [6, 6.07) is 0. The van der Waals surface area contributed by atoms with E-state index in [1.807, 2.05) is 12.2 Å². The minimum atomic E-state index is -0.836. The van der Waals surface area contributed by atoms with Gasteiger partial charge in [0, 0.05) is 19.3 Å². The Labute approximate surface area is 392 Å². The van der Waals surface area contributed by atoms with Crippen LogP contribution in [-0.2, 0) is 28.6 Å². The van der Waals surface area contributed by atoms with Crippen LogP contribution in [0.15, 0.2) is 122 Å². The second kappa shape index (κ2) is 51.4. The highest BCUT2D eigenvalue weighted by atomic mass is 16.6. The topological polar surface area (TPSA) is 78.9 Å². The van der Waals surface area contributed by atoms with Crippen molar-refractivity contribution in [2.24, 2.45) is 0 Å². The third kappa shape index (κ3) is 48.8. The van der Waals surface area contributed by atoms with E-state index in [0.29, 0.717) is 19.3 Å². The van der Waals surface area contributed by atoms with Crippen LogP contribution in [0.2, 0.25) is 0 Å². The molecule has 0 saturated heterocycles. The smallest absolute Gasteiger partial charge is 0.306 e. The first-order chi connectivity index (χ1) is 31.5. The lowest BCUT2D eigenvalue weighted by atomic mass is 10.1. The highest BCUT2D eigenvalue weighted by Crippen LogP contribution is 2.11. The fraction of sp³-hybridized carbons (Fsp3) is 0.603. The van der Waals surface area contributed by atoms with Crippen molar-refractivity contribution in [2.75, 3.05) is 13.2 Å². The van der Waals surface area contributed by atoms with Crippen LogP contribution >= 0.6 is 0 Å². The van der Waals surface area contributed by atoms with Crippen molar-refractivity contribution < 1.29 is 28.6 Å². The van der Waals surface area contributed by atoms with Gasteiger partial charge in [-0.2, -0.15) is 0 Å². The maximum atomic E-state index is 12.8. The zero-order chi connectivity index (χ0) is 46.5. The summed E-state index contributed by atoms with van der Waals surface area (Å²) < 4.78 is 16.6. The van der Waals surface area contributed by atoms with Gasteiger partial charge in [0.15, 0.2) is 6.10 Å². The van der Waals surface area contributed by atoms with Crippen LogP contribution in [0, 0.1) is 0 Å². The van der Waals surface area contributed by atoms with Crippen LogP contribution in [0.1, 0.15) is 207 Å². The van der Waals surface area contributed by atoms with Gasteiger partial charge in [-0.3, -0.25) is 14.4 Å². The molecule has 1 atom stereocenters. The Kier molecular flexibility index (Phi) is 48.1. The van der Waals surface area contributed by atoms with Gasteiger partial charge in [0.25, 0.3) is 0 Å². The maximum Gasteiger partial charge on any atom is 0.306 e. The summed E-state index contributed by atoms with van der Waals surface area (Å²) >= 11 is 0. The maximum absolute atomic E-state index is 12.8. The highest BCUT2D eigenvalue weighted by Gasteiger charge is 2.19. The van der Waals surface area contributed by atoms with E-state index < -0.39 is 6.10 Å². The van der Waals surface area contributed by atoms with Crippen molar-refractivity contribution in [1.29, 1.82) is 0 Å². The molecule has 0 aliphatic heterocycles. The standard InChI is InChI=1S/C58H92O6/c1-4-7-10-13-16-19-22-24-26-28-29-30-32-33-36-39-42-45-48-51-57(60)63-54-55(53-62-56(59)50-47-44-41-38-35-21-18-15-12-9-6-3)64-58(61)52-49-46-43-40-37-34-31-27-25-23-20-17-14-11-8-5-2/h7,10,15-16,18-19,21,24,26-27,29-31,33-37,42,45,55H,4-6,8-9,11-14,17,20,22-23,25,28,32,38-41,43-44,46-54H2,1-3H3/b10-7-,18-15-,19-16-,26-24-,30-29-,31-27-,35-21-,36-33-,37-34-,45-42-. The lowest BCUT2D eigenvalue weighted by molar-refractivity contribution is -0.166. The molecule has 0 saturated carbocycles. The van der Waals surface area contributed by atoms with Crippen LogP contribution in [0.4, 0.5) is 0 Å². The van der Waals surface area contributed by atoms with Crippen molar-refractivity contribution in [2.45, 2.75) is 213 Å². The van der Waals surface area contributed by atoms with E-state index in [0.717, 1.165) is 96.3 Å². The van der Waals surface area contributed by atoms with E-state index in [4.69, 9.17) is 14.2 Å². The molecule has 0 aromatic heterocycles.